The second-order valence-electron chi connectivity index (χ2n) is 4.75. The average molecular weight is 250 g/mol. The van der Waals surface area contributed by atoms with Crippen molar-refractivity contribution in [3.63, 3.8) is 0 Å². The normalized spacial score (nSPS) is 10.6. The lowest BCUT2D eigenvalue weighted by Crippen LogP contribution is -2.28. The highest BCUT2D eigenvalue weighted by molar-refractivity contribution is 5.75. The molecule has 0 aliphatic heterocycles. The van der Waals surface area contributed by atoms with Gasteiger partial charge in [-0.1, -0.05) is 0 Å². The van der Waals surface area contributed by atoms with Gasteiger partial charge in [0.2, 0.25) is 0 Å². The first-order valence-corrected chi connectivity index (χ1v) is 5.47. The molecule has 96 valence electrons. The summed E-state index contributed by atoms with van der Waals surface area (Å²) in [6.45, 7) is 5.15. The van der Waals surface area contributed by atoms with E-state index in [9.17, 15) is 9.18 Å². The number of carbonyl (C=O) groups is 1. The number of benzene rings is 1. The zero-order valence-electron chi connectivity index (χ0n) is 10.6. The van der Waals surface area contributed by atoms with Gasteiger partial charge in [0.05, 0.1) is 17.3 Å². The van der Waals surface area contributed by atoms with E-state index < -0.39 is 17.4 Å². The number of nitrogens with one attached hydrogen (secondary N) is 1. The Hall–Kier alpha value is -2.09. The summed E-state index contributed by atoms with van der Waals surface area (Å²) in [5, 5.41) is 11.2. The van der Waals surface area contributed by atoms with Crippen molar-refractivity contribution in [3.05, 3.63) is 29.6 Å². The number of carbonyl (C=O) groups excluding carboxylic acids is 1. The number of hydrogen-bond donors (Lipinski definition) is 1. The Balaban J connectivity index is 2.59. The summed E-state index contributed by atoms with van der Waals surface area (Å²) in [5.41, 5.74) is -0.169. The monoisotopic (exact) mass is 250 g/mol. The van der Waals surface area contributed by atoms with E-state index >= 15 is 0 Å². The van der Waals surface area contributed by atoms with E-state index in [1.54, 1.807) is 20.8 Å². The van der Waals surface area contributed by atoms with Gasteiger partial charge in [-0.3, -0.25) is 4.79 Å². The van der Waals surface area contributed by atoms with E-state index in [2.05, 4.69) is 5.32 Å². The molecule has 0 aliphatic rings. The number of hydrogen-bond acceptors (Lipinski definition) is 4. The molecule has 1 N–H and O–H groups in total. The maximum Gasteiger partial charge on any atom is 0.325 e. The second-order valence-corrected chi connectivity index (χ2v) is 4.75. The van der Waals surface area contributed by atoms with E-state index in [4.69, 9.17) is 10.00 Å². The lowest BCUT2D eigenvalue weighted by molar-refractivity contribution is -0.152. The van der Waals surface area contributed by atoms with Crippen LogP contribution >= 0.6 is 0 Å². The first-order valence-electron chi connectivity index (χ1n) is 5.47. The van der Waals surface area contributed by atoms with Crippen molar-refractivity contribution < 1.29 is 13.9 Å². The maximum atomic E-state index is 13.5. The molecule has 0 spiro atoms. The molecule has 0 aromatic heterocycles. The first-order chi connectivity index (χ1) is 8.31. The molecule has 0 bridgehead atoms. The molecule has 1 aromatic rings. The Morgan fingerprint density at radius 3 is 2.67 bits per heavy atom. The Kier molecular flexibility index (Phi) is 4.27. The van der Waals surface area contributed by atoms with Gasteiger partial charge in [-0.15, -0.1) is 0 Å². The Bertz CT molecular complexity index is 487. The van der Waals surface area contributed by atoms with Crippen LogP contribution in [0.4, 0.5) is 10.1 Å². The summed E-state index contributed by atoms with van der Waals surface area (Å²) < 4.78 is 18.5. The van der Waals surface area contributed by atoms with Crippen LogP contribution in [0.2, 0.25) is 0 Å². The minimum Gasteiger partial charge on any atom is -0.459 e. The number of nitriles is 1. The molecule has 1 rings (SSSR count). The van der Waals surface area contributed by atoms with Crippen LogP contribution in [-0.2, 0) is 9.53 Å². The molecule has 0 heterocycles. The minimum absolute atomic E-state index is 0.125. The van der Waals surface area contributed by atoms with Crippen molar-refractivity contribution in [2.75, 3.05) is 11.9 Å². The molecule has 1 aromatic carbocycles. The van der Waals surface area contributed by atoms with Gasteiger partial charge in [0.1, 0.15) is 18.0 Å². The van der Waals surface area contributed by atoms with Gasteiger partial charge >= 0.3 is 5.97 Å². The summed E-state index contributed by atoms with van der Waals surface area (Å²) in [7, 11) is 0. The SMILES string of the molecule is CC(C)(C)OC(=O)CNc1ccc(C#N)cc1F. The third-order valence-electron chi connectivity index (χ3n) is 1.94. The Morgan fingerprint density at radius 1 is 1.50 bits per heavy atom. The molecule has 0 saturated heterocycles. The van der Waals surface area contributed by atoms with Crippen LogP contribution in [0.15, 0.2) is 18.2 Å². The fourth-order valence-electron chi connectivity index (χ4n) is 1.27. The molecule has 18 heavy (non-hydrogen) atoms. The summed E-state index contributed by atoms with van der Waals surface area (Å²) in [6, 6.07) is 5.83. The molecule has 0 amide bonds. The quantitative estimate of drug-likeness (QED) is 0.837. The number of halogens is 1. The third-order valence-corrected chi connectivity index (χ3v) is 1.94. The molecule has 0 atom stereocenters. The van der Waals surface area contributed by atoms with Crippen molar-refractivity contribution in [2.45, 2.75) is 26.4 Å². The number of esters is 1. The molecular weight excluding hydrogens is 235 g/mol. The standard InChI is InChI=1S/C13H15FN2O2/c1-13(2,3)18-12(17)8-16-11-5-4-9(7-15)6-10(11)14/h4-6,16H,8H2,1-3H3. The average Bonchev–Trinajstić information content (AvgIpc) is 2.25. The first kappa shape index (κ1) is 14.0. The van der Waals surface area contributed by atoms with Crippen molar-refractivity contribution in [3.8, 4) is 6.07 Å². The van der Waals surface area contributed by atoms with Crippen LogP contribution in [0.5, 0.6) is 0 Å². The van der Waals surface area contributed by atoms with Crippen molar-refractivity contribution >= 4 is 11.7 Å². The minimum atomic E-state index is -0.572. The van der Waals surface area contributed by atoms with Crippen LogP contribution < -0.4 is 5.32 Å². The lowest BCUT2D eigenvalue weighted by Gasteiger charge is -2.19. The zero-order valence-corrected chi connectivity index (χ0v) is 10.6. The van der Waals surface area contributed by atoms with Crippen molar-refractivity contribution in [1.82, 2.24) is 0 Å². The molecule has 0 saturated carbocycles. The fraction of sp³-hybridized carbons (Fsp3) is 0.385. The largest absolute Gasteiger partial charge is 0.459 e. The topological polar surface area (TPSA) is 62.1 Å². The predicted octanol–water partition coefficient (Wildman–Crippen LogP) is 2.45. The van der Waals surface area contributed by atoms with Crippen LogP contribution in [0.1, 0.15) is 26.3 Å². The molecule has 4 nitrogen and oxygen atoms in total. The summed E-state index contributed by atoms with van der Waals surface area (Å²) in [6.07, 6.45) is 0. The van der Waals surface area contributed by atoms with Crippen LogP contribution in [0, 0.1) is 17.1 Å². The summed E-state index contributed by atoms with van der Waals surface area (Å²) >= 11 is 0. The molecule has 5 heteroatoms. The van der Waals surface area contributed by atoms with Gasteiger partial charge in [-0.05, 0) is 39.0 Å². The highest BCUT2D eigenvalue weighted by atomic mass is 19.1. The fourth-order valence-corrected chi connectivity index (χ4v) is 1.27. The number of nitrogens with zero attached hydrogens (tertiary/aromatic N) is 1. The Labute approximate surface area is 105 Å². The van der Waals surface area contributed by atoms with Crippen molar-refractivity contribution in [1.29, 1.82) is 5.26 Å². The van der Waals surface area contributed by atoms with Gasteiger partial charge in [0.25, 0.3) is 0 Å². The highest BCUT2D eigenvalue weighted by Crippen LogP contribution is 2.15. The van der Waals surface area contributed by atoms with Gasteiger partial charge < -0.3 is 10.1 Å². The molecule has 0 unspecified atom stereocenters. The van der Waals surface area contributed by atoms with Gasteiger partial charge in [-0.2, -0.15) is 5.26 Å². The van der Waals surface area contributed by atoms with Crippen molar-refractivity contribution in [2.24, 2.45) is 0 Å². The molecule has 0 radical (unpaired) electrons. The summed E-state index contributed by atoms with van der Waals surface area (Å²) in [4.78, 5) is 11.4. The maximum absolute atomic E-state index is 13.5. The number of rotatable bonds is 3. The van der Waals surface area contributed by atoms with Crippen LogP contribution in [0.3, 0.4) is 0 Å². The third kappa shape index (κ3) is 4.42. The van der Waals surface area contributed by atoms with Crippen LogP contribution in [0.25, 0.3) is 0 Å². The lowest BCUT2D eigenvalue weighted by atomic mass is 10.2. The molecule has 0 fully saturated rings. The smallest absolute Gasteiger partial charge is 0.325 e. The predicted molar refractivity (Wildman–Crippen MR) is 65.4 cm³/mol. The number of ether oxygens (including phenoxy) is 1. The Morgan fingerprint density at radius 2 is 2.17 bits per heavy atom. The van der Waals surface area contributed by atoms with E-state index in [1.807, 2.05) is 6.07 Å². The van der Waals surface area contributed by atoms with Crippen LogP contribution in [-0.4, -0.2) is 18.1 Å². The van der Waals surface area contributed by atoms with E-state index in [0.717, 1.165) is 6.07 Å². The molecule has 0 aliphatic carbocycles. The van der Waals surface area contributed by atoms with Gasteiger partial charge in [0, 0.05) is 0 Å². The zero-order chi connectivity index (χ0) is 13.8. The summed E-state index contributed by atoms with van der Waals surface area (Å²) in [5.74, 6) is -1.04. The number of anilines is 1. The van der Waals surface area contributed by atoms with E-state index in [1.165, 1.54) is 12.1 Å². The highest BCUT2D eigenvalue weighted by Gasteiger charge is 2.16. The van der Waals surface area contributed by atoms with E-state index in [0.29, 0.717) is 0 Å². The van der Waals surface area contributed by atoms with Gasteiger partial charge in [-0.25, -0.2) is 4.39 Å². The van der Waals surface area contributed by atoms with E-state index in [-0.39, 0.29) is 17.8 Å². The second kappa shape index (κ2) is 5.50. The molecular formula is C13H15FN2O2. The van der Waals surface area contributed by atoms with Gasteiger partial charge in [0.15, 0.2) is 0 Å².